The molecule has 0 atom stereocenters. The maximum atomic E-state index is 12.8. The average Bonchev–Trinajstić information content (AvgIpc) is 3.47. The molecular weight excluding hydrogens is 532 g/mol. The number of amides is 1. The molecule has 5 aromatic rings. The number of carbonyl (C=O) groups is 1. The van der Waals surface area contributed by atoms with Crippen molar-refractivity contribution in [2.75, 3.05) is 28.8 Å². The number of hydrogen-bond acceptors (Lipinski definition) is 10. The van der Waals surface area contributed by atoms with Gasteiger partial charge in [-0.2, -0.15) is 4.98 Å². The molecule has 206 valence electrons. The van der Waals surface area contributed by atoms with Crippen LogP contribution in [0.4, 0.5) is 23.4 Å². The Balaban J connectivity index is 1.32. The van der Waals surface area contributed by atoms with Gasteiger partial charge >= 0.3 is 0 Å². The number of carbonyl (C=O) groups excluding carboxylic acids is 1. The van der Waals surface area contributed by atoms with Crippen LogP contribution < -0.4 is 15.5 Å². The predicted molar refractivity (Wildman–Crippen MR) is 152 cm³/mol. The first kappa shape index (κ1) is 26.8. The van der Waals surface area contributed by atoms with Crippen molar-refractivity contribution in [3.05, 3.63) is 83.9 Å². The van der Waals surface area contributed by atoms with Crippen molar-refractivity contribution in [3.63, 3.8) is 0 Å². The number of aryl methyl sites for hydroxylation is 1. The van der Waals surface area contributed by atoms with E-state index in [1.807, 2.05) is 40.8 Å². The fourth-order valence-corrected chi connectivity index (χ4v) is 4.96. The lowest BCUT2D eigenvalue weighted by Gasteiger charge is -2.21. The molecule has 5 rings (SSSR count). The van der Waals surface area contributed by atoms with Crippen LogP contribution in [-0.2, 0) is 33.5 Å². The van der Waals surface area contributed by atoms with Crippen molar-refractivity contribution in [3.8, 4) is 0 Å². The number of hydrogen-bond donors (Lipinski definition) is 2. The first-order valence-corrected chi connectivity index (χ1v) is 14.4. The molecule has 0 spiro atoms. The standard InChI is InChI=1S/C27H28N8O4S/c1-18-14-21(39-33-18)15-25(36)32-27-30-22-6-4-5-7-23(22)35(27)17-34(2)24-12-13-28-26(31-24)29-20-10-8-19(9-11-20)16-40(3,37)38/h4-14H,15-17H2,1-3H3,(H,28,29,31)(H,30,32,36). The second-order valence-electron chi connectivity index (χ2n) is 9.48. The summed E-state index contributed by atoms with van der Waals surface area (Å²) in [6, 6.07) is 18.2. The molecule has 40 heavy (non-hydrogen) atoms. The topological polar surface area (TPSA) is 148 Å². The Labute approximate surface area is 231 Å². The molecule has 3 aromatic heterocycles. The number of para-hydroxylation sites is 2. The third kappa shape index (κ3) is 6.61. The van der Waals surface area contributed by atoms with Gasteiger partial charge < -0.3 is 14.7 Å². The number of fused-ring (bicyclic) bond motifs is 1. The number of benzene rings is 2. The first-order chi connectivity index (χ1) is 19.1. The fraction of sp³-hybridized carbons (Fsp3) is 0.222. The quantitative estimate of drug-likeness (QED) is 0.259. The lowest BCUT2D eigenvalue weighted by molar-refractivity contribution is -0.115. The van der Waals surface area contributed by atoms with E-state index in [1.165, 1.54) is 6.26 Å². The molecule has 0 radical (unpaired) electrons. The summed E-state index contributed by atoms with van der Waals surface area (Å²) in [4.78, 5) is 28.2. The summed E-state index contributed by atoms with van der Waals surface area (Å²) < 4.78 is 30.1. The largest absolute Gasteiger partial charge is 0.361 e. The Kier molecular flexibility index (Phi) is 7.47. The molecule has 12 nitrogen and oxygen atoms in total. The van der Waals surface area contributed by atoms with E-state index >= 15 is 0 Å². The summed E-state index contributed by atoms with van der Waals surface area (Å²) in [5.74, 6) is 1.60. The monoisotopic (exact) mass is 560 g/mol. The van der Waals surface area contributed by atoms with Gasteiger partial charge in [-0.05, 0) is 42.8 Å². The molecule has 0 fully saturated rings. The second-order valence-corrected chi connectivity index (χ2v) is 11.6. The van der Waals surface area contributed by atoms with Crippen molar-refractivity contribution < 1.29 is 17.7 Å². The zero-order chi connectivity index (χ0) is 28.3. The Hall–Kier alpha value is -4.78. The van der Waals surface area contributed by atoms with E-state index in [0.717, 1.165) is 16.7 Å². The predicted octanol–water partition coefficient (Wildman–Crippen LogP) is 3.69. The highest BCUT2D eigenvalue weighted by Gasteiger charge is 2.17. The van der Waals surface area contributed by atoms with Crippen molar-refractivity contribution in [1.29, 1.82) is 0 Å². The zero-order valence-electron chi connectivity index (χ0n) is 22.2. The average molecular weight is 561 g/mol. The van der Waals surface area contributed by atoms with E-state index in [1.54, 1.807) is 49.5 Å². The van der Waals surface area contributed by atoms with Gasteiger partial charge in [-0.25, -0.2) is 18.4 Å². The fourth-order valence-electron chi connectivity index (χ4n) is 4.16. The van der Waals surface area contributed by atoms with Gasteiger partial charge in [0.1, 0.15) is 11.6 Å². The molecule has 0 aliphatic rings. The van der Waals surface area contributed by atoms with Gasteiger partial charge in [-0.15, -0.1) is 0 Å². The van der Waals surface area contributed by atoms with Gasteiger partial charge in [0.15, 0.2) is 9.84 Å². The molecule has 13 heteroatoms. The van der Waals surface area contributed by atoms with Crippen molar-refractivity contribution in [2.45, 2.75) is 25.8 Å². The summed E-state index contributed by atoms with van der Waals surface area (Å²) in [7, 11) is -1.23. The number of aromatic nitrogens is 5. The summed E-state index contributed by atoms with van der Waals surface area (Å²) in [5, 5.41) is 9.87. The maximum Gasteiger partial charge on any atom is 0.234 e. The van der Waals surface area contributed by atoms with Crippen LogP contribution in [0.2, 0.25) is 0 Å². The van der Waals surface area contributed by atoms with Gasteiger partial charge in [0, 0.05) is 31.3 Å². The molecule has 3 heterocycles. The normalized spacial score (nSPS) is 11.5. The first-order valence-electron chi connectivity index (χ1n) is 12.4. The maximum absolute atomic E-state index is 12.8. The minimum Gasteiger partial charge on any atom is -0.361 e. The second kappa shape index (κ2) is 11.1. The molecule has 0 bridgehead atoms. The minimum absolute atomic E-state index is 0.0187. The van der Waals surface area contributed by atoms with E-state index in [-0.39, 0.29) is 18.1 Å². The van der Waals surface area contributed by atoms with E-state index in [2.05, 4.69) is 30.7 Å². The van der Waals surface area contributed by atoms with E-state index in [0.29, 0.717) is 41.4 Å². The highest BCUT2D eigenvalue weighted by atomic mass is 32.2. The van der Waals surface area contributed by atoms with Crippen LogP contribution >= 0.6 is 0 Å². The van der Waals surface area contributed by atoms with Gasteiger partial charge in [0.05, 0.1) is 35.6 Å². The highest BCUT2D eigenvalue weighted by Crippen LogP contribution is 2.23. The molecule has 0 saturated heterocycles. The number of rotatable bonds is 10. The van der Waals surface area contributed by atoms with Crippen LogP contribution in [0.1, 0.15) is 17.0 Å². The van der Waals surface area contributed by atoms with Gasteiger partial charge in [-0.1, -0.05) is 29.4 Å². The number of sulfone groups is 1. The third-order valence-corrected chi connectivity index (χ3v) is 6.80. The van der Waals surface area contributed by atoms with Crippen molar-refractivity contribution in [1.82, 2.24) is 24.7 Å². The van der Waals surface area contributed by atoms with Crippen LogP contribution in [0, 0.1) is 6.92 Å². The summed E-state index contributed by atoms with van der Waals surface area (Å²) in [6.07, 6.45) is 2.89. The van der Waals surface area contributed by atoms with Crippen LogP contribution in [0.25, 0.3) is 11.0 Å². The smallest absolute Gasteiger partial charge is 0.234 e. The Morgan fingerprint density at radius 1 is 1.07 bits per heavy atom. The minimum atomic E-state index is -3.11. The SMILES string of the molecule is Cc1cc(CC(=O)Nc2nc3ccccc3n2CN(C)c2ccnc(Nc3ccc(CS(C)(=O)=O)cc3)n2)on1. The Morgan fingerprint density at radius 3 is 2.58 bits per heavy atom. The summed E-state index contributed by atoms with van der Waals surface area (Å²) >= 11 is 0. The summed E-state index contributed by atoms with van der Waals surface area (Å²) in [6.45, 7) is 2.14. The lowest BCUT2D eigenvalue weighted by Crippen LogP contribution is -2.25. The van der Waals surface area contributed by atoms with Crippen molar-refractivity contribution >= 4 is 50.2 Å². The zero-order valence-corrected chi connectivity index (χ0v) is 23.0. The Morgan fingerprint density at radius 2 is 1.85 bits per heavy atom. The van der Waals surface area contributed by atoms with E-state index in [9.17, 15) is 13.2 Å². The molecule has 2 aromatic carbocycles. The molecule has 0 aliphatic carbocycles. The van der Waals surface area contributed by atoms with E-state index < -0.39 is 9.84 Å². The molecule has 0 saturated carbocycles. The van der Waals surface area contributed by atoms with Crippen LogP contribution in [0.3, 0.4) is 0 Å². The van der Waals surface area contributed by atoms with Crippen LogP contribution in [0.5, 0.6) is 0 Å². The highest BCUT2D eigenvalue weighted by molar-refractivity contribution is 7.89. The molecule has 2 N–H and O–H groups in total. The Bertz CT molecular complexity index is 1760. The van der Waals surface area contributed by atoms with Crippen LogP contribution in [0.15, 0.2) is 71.4 Å². The van der Waals surface area contributed by atoms with Crippen molar-refractivity contribution in [2.24, 2.45) is 0 Å². The van der Waals surface area contributed by atoms with Crippen LogP contribution in [-0.4, -0.2) is 52.3 Å². The number of nitrogens with zero attached hydrogens (tertiary/aromatic N) is 6. The number of anilines is 4. The number of nitrogens with one attached hydrogen (secondary N) is 2. The molecule has 0 unspecified atom stereocenters. The van der Waals surface area contributed by atoms with Gasteiger partial charge in [0.25, 0.3) is 0 Å². The molecule has 0 aliphatic heterocycles. The lowest BCUT2D eigenvalue weighted by atomic mass is 10.2. The third-order valence-electron chi connectivity index (χ3n) is 5.94. The van der Waals surface area contributed by atoms with E-state index in [4.69, 9.17) is 4.52 Å². The molecule has 1 amide bonds. The van der Waals surface area contributed by atoms with Gasteiger partial charge in [-0.3, -0.25) is 14.7 Å². The van der Waals surface area contributed by atoms with Gasteiger partial charge in [0.2, 0.25) is 17.8 Å². The molecular formula is C27H28N8O4S. The number of imidazole rings is 1. The summed E-state index contributed by atoms with van der Waals surface area (Å²) in [5.41, 5.74) is 3.73.